The summed E-state index contributed by atoms with van der Waals surface area (Å²) in [5, 5.41) is 4.85. The van der Waals surface area contributed by atoms with Gasteiger partial charge in [0.2, 0.25) is 0 Å². The van der Waals surface area contributed by atoms with Crippen LogP contribution in [0.25, 0.3) is 5.69 Å². The zero-order valence-corrected chi connectivity index (χ0v) is 17.6. The van der Waals surface area contributed by atoms with E-state index >= 15 is 0 Å². The fourth-order valence-corrected chi connectivity index (χ4v) is 4.39. The summed E-state index contributed by atoms with van der Waals surface area (Å²) in [6.45, 7) is 0. The second kappa shape index (κ2) is 7.94. The van der Waals surface area contributed by atoms with Crippen molar-refractivity contribution in [2.45, 2.75) is 12.1 Å². The first-order valence-corrected chi connectivity index (χ1v) is 10.5. The third kappa shape index (κ3) is 3.47. The number of anilines is 1. The number of aromatic nitrogens is 2. The number of pyridine rings is 1. The highest BCUT2D eigenvalue weighted by Crippen LogP contribution is 2.41. The van der Waals surface area contributed by atoms with Gasteiger partial charge in [0.15, 0.2) is 5.11 Å². The molecule has 1 aliphatic heterocycles. The minimum absolute atomic E-state index is 0.0430. The van der Waals surface area contributed by atoms with Crippen LogP contribution in [0.15, 0.2) is 97.5 Å². The highest BCUT2D eigenvalue weighted by atomic mass is 35.5. The number of benzene rings is 2. The normalized spacial score (nSPS) is 18.4. The molecule has 5 rings (SSSR count). The largest absolute Gasteiger partial charge is 0.351 e. The van der Waals surface area contributed by atoms with Gasteiger partial charge in [0.1, 0.15) is 0 Å². The summed E-state index contributed by atoms with van der Waals surface area (Å²) in [5.41, 5.74) is 4.21. The van der Waals surface area contributed by atoms with Crippen molar-refractivity contribution < 1.29 is 0 Å². The lowest BCUT2D eigenvalue weighted by atomic mass is 9.98. The van der Waals surface area contributed by atoms with Crippen LogP contribution in [0.5, 0.6) is 0 Å². The molecule has 0 radical (unpaired) electrons. The van der Waals surface area contributed by atoms with E-state index in [1.165, 1.54) is 0 Å². The molecule has 0 unspecified atom stereocenters. The van der Waals surface area contributed by atoms with Crippen molar-refractivity contribution in [3.8, 4) is 5.69 Å². The third-order valence-corrected chi connectivity index (χ3v) is 5.88. The molecule has 2 atom stereocenters. The monoisotopic (exact) mass is 430 g/mol. The molecule has 0 bridgehead atoms. The van der Waals surface area contributed by atoms with Crippen LogP contribution in [-0.2, 0) is 0 Å². The highest BCUT2D eigenvalue weighted by molar-refractivity contribution is 7.80. The molecule has 1 saturated heterocycles. The summed E-state index contributed by atoms with van der Waals surface area (Å²) >= 11 is 11.9. The van der Waals surface area contributed by atoms with Crippen LogP contribution in [-0.4, -0.2) is 14.7 Å². The average Bonchev–Trinajstić information content (AvgIpc) is 3.40. The Morgan fingerprint density at radius 2 is 1.63 bits per heavy atom. The molecule has 1 fully saturated rings. The molecule has 0 aliphatic carbocycles. The van der Waals surface area contributed by atoms with Gasteiger partial charge in [0, 0.05) is 35.0 Å². The molecule has 2 aromatic heterocycles. The van der Waals surface area contributed by atoms with E-state index in [0.717, 1.165) is 22.6 Å². The molecular weight excluding hydrogens is 412 g/mol. The van der Waals surface area contributed by atoms with Gasteiger partial charge in [0.25, 0.3) is 0 Å². The predicted molar refractivity (Wildman–Crippen MR) is 125 cm³/mol. The van der Waals surface area contributed by atoms with Gasteiger partial charge in [-0.3, -0.25) is 4.98 Å². The molecule has 2 aromatic carbocycles. The van der Waals surface area contributed by atoms with Gasteiger partial charge in [-0.05, 0) is 72.4 Å². The number of hydrogen-bond acceptors (Lipinski definition) is 2. The van der Waals surface area contributed by atoms with E-state index in [4.69, 9.17) is 23.8 Å². The number of thiocarbonyl (C=S) groups is 1. The van der Waals surface area contributed by atoms with Crippen LogP contribution in [0.2, 0.25) is 5.02 Å². The quantitative estimate of drug-likeness (QED) is 0.421. The maximum Gasteiger partial charge on any atom is 0.174 e. The molecule has 1 aliphatic rings. The number of nitrogens with zero attached hydrogens (tertiary/aromatic N) is 3. The van der Waals surface area contributed by atoms with Gasteiger partial charge in [-0.25, -0.2) is 0 Å². The lowest BCUT2D eigenvalue weighted by molar-refractivity contribution is 0.568. The summed E-state index contributed by atoms with van der Waals surface area (Å²) in [4.78, 5) is 6.75. The molecule has 0 saturated carbocycles. The highest BCUT2D eigenvalue weighted by Gasteiger charge is 2.41. The fourth-order valence-electron chi connectivity index (χ4n) is 3.92. The van der Waals surface area contributed by atoms with Gasteiger partial charge >= 0.3 is 0 Å². The number of halogens is 1. The van der Waals surface area contributed by atoms with E-state index in [9.17, 15) is 0 Å². The van der Waals surface area contributed by atoms with E-state index in [1.807, 2.05) is 66.9 Å². The van der Waals surface area contributed by atoms with Gasteiger partial charge in [0.05, 0.1) is 17.8 Å². The molecule has 0 spiro atoms. The Bertz CT molecular complexity index is 1160. The van der Waals surface area contributed by atoms with E-state index in [2.05, 4.69) is 50.4 Å². The summed E-state index contributed by atoms with van der Waals surface area (Å²) in [5.74, 6) is 0. The van der Waals surface area contributed by atoms with Crippen molar-refractivity contribution in [2.75, 3.05) is 4.90 Å². The Hall–Kier alpha value is -3.15. The smallest absolute Gasteiger partial charge is 0.174 e. The van der Waals surface area contributed by atoms with Gasteiger partial charge < -0.3 is 14.8 Å². The van der Waals surface area contributed by atoms with Crippen LogP contribution < -0.4 is 10.2 Å². The first kappa shape index (κ1) is 18.9. The van der Waals surface area contributed by atoms with Crippen LogP contribution in [0.1, 0.15) is 23.3 Å². The molecule has 148 valence electrons. The third-order valence-electron chi connectivity index (χ3n) is 5.31. The maximum atomic E-state index is 6.12. The SMILES string of the molecule is S=C1N[C@@H](c2ccccn2)[C@H](c2ccn(-c3ccccc3)c2)N1c1ccc(Cl)cc1. The fraction of sp³-hybridized carbons (Fsp3) is 0.0833. The first-order valence-electron chi connectivity index (χ1n) is 9.70. The van der Waals surface area contributed by atoms with Crippen LogP contribution in [0.4, 0.5) is 5.69 Å². The Kier molecular flexibility index (Phi) is 4.99. The summed E-state index contributed by atoms with van der Waals surface area (Å²) in [7, 11) is 0. The van der Waals surface area contributed by atoms with Crippen molar-refractivity contribution >= 4 is 34.6 Å². The molecule has 1 N–H and O–H groups in total. The summed E-state index contributed by atoms with van der Waals surface area (Å²) in [6.07, 6.45) is 6.06. The number of nitrogens with one attached hydrogen (secondary N) is 1. The van der Waals surface area contributed by atoms with E-state index in [0.29, 0.717) is 10.1 Å². The standard InChI is InChI=1S/C24H19ClN4S/c25-18-9-11-20(12-10-18)29-23(22(27-24(29)30)21-8-4-5-14-26-21)17-13-15-28(16-17)19-6-2-1-3-7-19/h1-16,22-23H,(H,27,30)/t22-,23-/m0/s1. The van der Waals surface area contributed by atoms with E-state index < -0.39 is 0 Å². The van der Waals surface area contributed by atoms with E-state index in [1.54, 1.807) is 0 Å². The van der Waals surface area contributed by atoms with Gasteiger partial charge in [-0.15, -0.1) is 0 Å². The molecule has 3 heterocycles. The second-order valence-electron chi connectivity index (χ2n) is 7.16. The van der Waals surface area contributed by atoms with Crippen molar-refractivity contribution in [3.05, 3.63) is 114 Å². The van der Waals surface area contributed by atoms with Crippen LogP contribution in [0, 0.1) is 0 Å². The topological polar surface area (TPSA) is 33.1 Å². The minimum Gasteiger partial charge on any atom is -0.351 e. The van der Waals surface area contributed by atoms with E-state index in [-0.39, 0.29) is 12.1 Å². The number of rotatable bonds is 4. The molecule has 30 heavy (non-hydrogen) atoms. The Morgan fingerprint density at radius 1 is 0.867 bits per heavy atom. The predicted octanol–water partition coefficient (Wildman–Crippen LogP) is 5.70. The molecular formula is C24H19ClN4S. The Morgan fingerprint density at radius 3 is 2.37 bits per heavy atom. The zero-order chi connectivity index (χ0) is 20.5. The minimum atomic E-state index is -0.0685. The van der Waals surface area contributed by atoms with Crippen molar-refractivity contribution in [2.24, 2.45) is 0 Å². The number of para-hydroxylation sites is 1. The van der Waals surface area contributed by atoms with Crippen molar-refractivity contribution in [1.29, 1.82) is 0 Å². The zero-order valence-electron chi connectivity index (χ0n) is 16.0. The Labute approximate surface area is 185 Å². The average molecular weight is 431 g/mol. The number of hydrogen-bond donors (Lipinski definition) is 1. The molecule has 4 nitrogen and oxygen atoms in total. The lowest BCUT2D eigenvalue weighted by Gasteiger charge is -2.27. The second-order valence-corrected chi connectivity index (χ2v) is 7.98. The molecule has 4 aromatic rings. The first-order chi connectivity index (χ1) is 14.7. The van der Waals surface area contributed by atoms with Crippen molar-refractivity contribution in [1.82, 2.24) is 14.9 Å². The lowest BCUT2D eigenvalue weighted by Crippen LogP contribution is -2.29. The van der Waals surface area contributed by atoms with Crippen LogP contribution in [0.3, 0.4) is 0 Å². The van der Waals surface area contributed by atoms with Crippen LogP contribution >= 0.6 is 23.8 Å². The van der Waals surface area contributed by atoms with Gasteiger partial charge in [-0.1, -0.05) is 35.9 Å². The van der Waals surface area contributed by atoms with Crippen molar-refractivity contribution in [3.63, 3.8) is 0 Å². The Balaban J connectivity index is 1.60. The molecule has 0 amide bonds. The maximum absolute atomic E-state index is 6.12. The molecule has 6 heteroatoms. The van der Waals surface area contributed by atoms with Gasteiger partial charge in [-0.2, -0.15) is 0 Å². The summed E-state index contributed by atoms with van der Waals surface area (Å²) < 4.78 is 2.13. The summed E-state index contributed by atoms with van der Waals surface area (Å²) in [6, 6.07) is 26.1.